The summed E-state index contributed by atoms with van der Waals surface area (Å²) in [5.74, 6) is -0.352. The number of hydrogen-bond acceptors (Lipinski definition) is 3. The topological polar surface area (TPSA) is 55.8 Å². The van der Waals surface area contributed by atoms with Crippen LogP contribution in [0.3, 0.4) is 0 Å². The summed E-state index contributed by atoms with van der Waals surface area (Å²) in [6.07, 6.45) is 0.419. The summed E-state index contributed by atoms with van der Waals surface area (Å²) in [7, 11) is 1.53. The van der Waals surface area contributed by atoms with Crippen molar-refractivity contribution in [1.29, 1.82) is 0 Å². The van der Waals surface area contributed by atoms with Gasteiger partial charge in [0.25, 0.3) is 0 Å². The molecule has 1 aromatic carbocycles. The van der Waals surface area contributed by atoms with Gasteiger partial charge in [0.1, 0.15) is 17.1 Å². The summed E-state index contributed by atoms with van der Waals surface area (Å²) in [5, 5.41) is 9.40. The van der Waals surface area contributed by atoms with Gasteiger partial charge in [0.05, 0.1) is 23.1 Å². The number of carboxylic acid groups (broad SMARTS) is 1. The van der Waals surface area contributed by atoms with Gasteiger partial charge in [-0.1, -0.05) is 0 Å². The fourth-order valence-corrected chi connectivity index (χ4v) is 2.72. The van der Waals surface area contributed by atoms with E-state index in [1.54, 1.807) is 12.1 Å². The van der Waals surface area contributed by atoms with Crippen molar-refractivity contribution in [2.45, 2.75) is 31.8 Å². The standard InChI is InChI=1S/C13H15BrO4/c1-13(2)6-7(12(15)16)10-9(17-3)5-4-8(14)11(10)18-13/h4-5,7H,6H2,1-3H3,(H,15,16). The third-order valence-electron chi connectivity index (χ3n) is 3.05. The number of rotatable bonds is 2. The summed E-state index contributed by atoms with van der Waals surface area (Å²) in [4.78, 5) is 11.5. The number of carbonyl (C=O) groups is 1. The Labute approximate surface area is 114 Å². The minimum absolute atomic E-state index is 0.419. The van der Waals surface area contributed by atoms with Crippen LogP contribution in [0.4, 0.5) is 0 Å². The maximum atomic E-state index is 11.5. The number of halogens is 1. The zero-order valence-corrected chi connectivity index (χ0v) is 12.1. The summed E-state index contributed by atoms with van der Waals surface area (Å²) in [6.45, 7) is 3.77. The molecule has 2 rings (SSSR count). The predicted molar refractivity (Wildman–Crippen MR) is 70.4 cm³/mol. The second-order valence-electron chi connectivity index (χ2n) is 4.95. The molecule has 0 amide bonds. The molecule has 1 unspecified atom stereocenters. The predicted octanol–water partition coefficient (Wildman–Crippen LogP) is 3.19. The summed E-state index contributed by atoms with van der Waals surface area (Å²) < 4.78 is 11.9. The molecule has 0 aromatic heterocycles. The molecule has 0 fully saturated rings. The Balaban J connectivity index is 2.65. The molecule has 1 N–H and O–H groups in total. The minimum atomic E-state index is -0.857. The first-order chi connectivity index (χ1) is 8.35. The lowest BCUT2D eigenvalue weighted by atomic mass is 9.84. The van der Waals surface area contributed by atoms with Gasteiger partial charge in [-0.3, -0.25) is 4.79 Å². The summed E-state index contributed by atoms with van der Waals surface area (Å²) >= 11 is 3.40. The van der Waals surface area contributed by atoms with Crippen molar-refractivity contribution in [3.63, 3.8) is 0 Å². The van der Waals surface area contributed by atoms with Crippen LogP contribution in [-0.2, 0) is 4.79 Å². The van der Waals surface area contributed by atoms with Crippen molar-refractivity contribution in [2.75, 3.05) is 7.11 Å². The van der Waals surface area contributed by atoms with Crippen LogP contribution in [0.1, 0.15) is 31.7 Å². The first-order valence-corrected chi connectivity index (χ1v) is 6.43. The Morgan fingerprint density at radius 3 is 2.78 bits per heavy atom. The highest BCUT2D eigenvalue weighted by Crippen LogP contribution is 2.48. The van der Waals surface area contributed by atoms with E-state index < -0.39 is 17.5 Å². The lowest BCUT2D eigenvalue weighted by Crippen LogP contribution is -2.37. The van der Waals surface area contributed by atoms with Gasteiger partial charge in [0.15, 0.2) is 0 Å². The minimum Gasteiger partial charge on any atom is -0.496 e. The van der Waals surface area contributed by atoms with Gasteiger partial charge in [-0.2, -0.15) is 0 Å². The molecule has 0 radical (unpaired) electrons. The Morgan fingerprint density at radius 2 is 2.22 bits per heavy atom. The highest BCUT2D eigenvalue weighted by atomic mass is 79.9. The van der Waals surface area contributed by atoms with E-state index in [0.29, 0.717) is 23.5 Å². The van der Waals surface area contributed by atoms with Crippen molar-refractivity contribution in [2.24, 2.45) is 0 Å². The first-order valence-electron chi connectivity index (χ1n) is 5.64. The maximum Gasteiger partial charge on any atom is 0.311 e. The fourth-order valence-electron chi connectivity index (χ4n) is 2.29. The van der Waals surface area contributed by atoms with Crippen molar-refractivity contribution in [1.82, 2.24) is 0 Å². The number of ether oxygens (including phenoxy) is 2. The van der Waals surface area contributed by atoms with E-state index in [0.717, 1.165) is 4.47 Å². The van der Waals surface area contributed by atoms with Crippen LogP contribution >= 0.6 is 15.9 Å². The van der Waals surface area contributed by atoms with Gasteiger partial charge in [-0.15, -0.1) is 0 Å². The van der Waals surface area contributed by atoms with Crippen molar-refractivity contribution in [3.8, 4) is 11.5 Å². The van der Waals surface area contributed by atoms with E-state index in [9.17, 15) is 9.90 Å². The number of hydrogen-bond donors (Lipinski definition) is 1. The first kappa shape index (κ1) is 13.2. The van der Waals surface area contributed by atoms with Crippen LogP contribution < -0.4 is 9.47 Å². The number of aliphatic carboxylic acids is 1. The lowest BCUT2D eigenvalue weighted by Gasteiger charge is -2.37. The van der Waals surface area contributed by atoms with Gasteiger partial charge in [-0.25, -0.2) is 0 Å². The molecule has 18 heavy (non-hydrogen) atoms. The molecule has 4 nitrogen and oxygen atoms in total. The highest BCUT2D eigenvalue weighted by molar-refractivity contribution is 9.10. The van der Waals surface area contributed by atoms with Gasteiger partial charge < -0.3 is 14.6 Å². The molecule has 0 aliphatic carbocycles. The van der Waals surface area contributed by atoms with E-state index >= 15 is 0 Å². The Morgan fingerprint density at radius 1 is 1.56 bits per heavy atom. The van der Waals surface area contributed by atoms with Crippen LogP contribution in [0, 0.1) is 0 Å². The van der Waals surface area contributed by atoms with E-state index in [2.05, 4.69) is 15.9 Å². The van der Waals surface area contributed by atoms with Gasteiger partial charge in [0, 0.05) is 6.42 Å². The SMILES string of the molecule is COc1ccc(Br)c2c1C(C(=O)O)CC(C)(C)O2. The Kier molecular flexibility index (Phi) is 3.27. The van der Waals surface area contributed by atoms with Crippen LogP contribution in [0.15, 0.2) is 16.6 Å². The van der Waals surface area contributed by atoms with Crippen molar-refractivity contribution in [3.05, 3.63) is 22.2 Å². The van der Waals surface area contributed by atoms with Crippen LogP contribution in [0.25, 0.3) is 0 Å². The molecule has 0 spiro atoms. The zero-order valence-electron chi connectivity index (χ0n) is 10.5. The van der Waals surface area contributed by atoms with Crippen LogP contribution in [-0.4, -0.2) is 23.8 Å². The van der Waals surface area contributed by atoms with Crippen LogP contribution in [0.5, 0.6) is 11.5 Å². The molecule has 0 saturated carbocycles. The second-order valence-corrected chi connectivity index (χ2v) is 5.80. The van der Waals surface area contributed by atoms with E-state index in [1.807, 2.05) is 13.8 Å². The average molecular weight is 315 g/mol. The second kappa shape index (κ2) is 4.46. The molecular formula is C13H15BrO4. The summed E-state index contributed by atoms with van der Waals surface area (Å²) in [5.41, 5.74) is 0.101. The number of benzene rings is 1. The number of fused-ring (bicyclic) bond motifs is 1. The molecule has 1 atom stereocenters. The quantitative estimate of drug-likeness (QED) is 0.910. The molecule has 1 aromatic rings. The van der Waals surface area contributed by atoms with Gasteiger partial charge in [-0.05, 0) is 41.9 Å². The molecule has 1 aliphatic heterocycles. The smallest absolute Gasteiger partial charge is 0.311 e. The van der Waals surface area contributed by atoms with Gasteiger partial charge in [0.2, 0.25) is 0 Å². The van der Waals surface area contributed by atoms with E-state index in [-0.39, 0.29) is 0 Å². The number of methoxy groups -OCH3 is 1. The molecule has 0 bridgehead atoms. The van der Waals surface area contributed by atoms with Gasteiger partial charge >= 0.3 is 5.97 Å². The molecule has 98 valence electrons. The molecule has 5 heteroatoms. The molecular weight excluding hydrogens is 300 g/mol. The maximum absolute atomic E-state index is 11.5. The Hall–Kier alpha value is -1.23. The zero-order chi connectivity index (χ0) is 13.5. The Bertz CT molecular complexity index is 496. The highest BCUT2D eigenvalue weighted by Gasteiger charge is 2.40. The molecule has 1 aliphatic rings. The molecule has 1 heterocycles. The average Bonchev–Trinajstić information content (AvgIpc) is 2.28. The third kappa shape index (κ3) is 2.19. The normalized spacial score (nSPS) is 20.8. The summed E-state index contributed by atoms with van der Waals surface area (Å²) in [6, 6.07) is 3.55. The number of carboxylic acids is 1. The van der Waals surface area contributed by atoms with Crippen molar-refractivity contribution >= 4 is 21.9 Å². The largest absolute Gasteiger partial charge is 0.496 e. The molecule has 0 saturated heterocycles. The monoisotopic (exact) mass is 314 g/mol. The van der Waals surface area contributed by atoms with E-state index in [4.69, 9.17) is 9.47 Å². The fraction of sp³-hybridized carbons (Fsp3) is 0.462. The van der Waals surface area contributed by atoms with Crippen LogP contribution in [0.2, 0.25) is 0 Å². The van der Waals surface area contributed by atoms with E-state index in [1.165, 1.54) is 7.11 Å². The van der Waals surface area contributed by atoms with Crippen molar-refractivity contribution < 1.29 is 19.4 Å². The lowest BCUT2D eigenvalue weighted by molar-refractivity contribution is -0.140. The third-order valence-corrected chi connectivity index (χ3v) is 3.67.